The molecule has 2 aliphatic rings. The van der Waals surface area contributed by atoms with Crippen LogP contribution in [0.3, 0.4) is 0 Å². The number of carbonyl (C=O) groups excluding carboxylic acids is 2. The third-order valence-corrected chi connectivity index (χ3v) is 5.60. The van der Waals surface area contributed by atoms with E-state index in [2.05, 4.69) is 36.3 Å². The number of hydrogen-bond acceptors (Lipinski definition) is 4. The van der Waals surface area contributed by atoms with Crippen molar-refractivity contribution in [2.75, 3.05) is 45.8 Å². The molecular formula is C22H42N4O2. The molecule has 2 N–H and O–H groups in total. The first-order chi connectivity index (χ1) is 12.9. The minimum Gasteiger partial charge on any atom is -0.355 e. The number of rotatable bonds is 6. The van der Waals surface area contributed by atoms with Gasteiger partial charge in [0.15, 0.2) is 0 Å². The van der Waals surface area contributed by atoms with Gasteiger partial charge < -0.3 is 20.4 Å². The van der Waals surface area contributed by atoms with Gasteiger partial charge in [0.1, 0.15) is 0 Å². The van der Waals surface area contributed by atoms with Gasteiger partial charge in [0.25, 0.3) is 0 Å². The third-order valence-electron chi connectivity index (χ3n) is 5.60. The van der Waals surface area contributed by atoms with Crippen LogP contribution in [-0.4, -0.2) is 73.0 Å². The van der Waals surface area contributed by atoms with Crippen LogP contribution in [0.4, 0.5) is 0 Å². The number of piperidine rings is 1. The van der Waals surface area contributed by atoms with Crippen LogP contribution in [0.25, 0.3) is 0 Å². The first-order valence-corrected chi connectivity index (χ1v) is 11.0. The number of carbonyl (C=O) groups is 2. The molecule has 0 aromatic carbocycles. The molecule has 2 rings (SSSR count). The van der Waals surface area contributed by atoms with Crippen molar-refractivity contribution in [2.24, 2.45) is 17.3 Å². The van der Waals surface area contributed by atoms with Gasteiger partial charge in [-0.25, -0.2) is 0 Å². The van der Waals surface area contributed by atoms with Crippen LogP contribution in [0.5, 0.6) is 0 Å². The summed E-state index contributed by atoms with van der Waals surface area (Å²) in [6.45, 7) is 18.7. The lowest BCUT2D eigenvalue weighted by Crippen LogP contribution is -2.45. The lowest BCUT2D eigenvalue weighted by Gasteiger charge is -2.36. The number of nitrogens with zero attached hydrogens (tertiary/aromatic N) is 2. The van der Waals surface area contributed by atoms with E-state index in [0.29, 0.717) is 30.3 Å². The highest BCUT2D eigenvalue weighted by Gasteiger charge is 2.33. The zero-order valence-electron chi connectivity index (χ0n) is 18.9. The summed E-state index contributed by atoms with van der Waals surface area (Å²) in [6.07, 6.45) is 2.94. The third kappa shape index (κ3) is 8.08. The lowest BCUT2D eigenvalue weighted by atomic mass is 9.91. The van der Waals surface area contributed by atoms with E-state index < -0.39 is 0 Å². The average Bonchev–Trinajstić information content (AvgIpc) is 3.05. The Morgan fingerprint density at radius 1 is 0.964 bits per heavy atom. The number of nitrogens with one attached hydrogen (secondary N) is 2. The molecule has 0 aliphatic carbocycles. The summed E-state index contributed by atoms with van der Waals surface area (Å²) < 4.78 is 0. The van der Waals surface area contributed by atoms with Gasteiger partial charge in [-0.05, 0) is 64.5 Å². The van der Waals surface area contributed by atoms with E-state index in [9.17, 15) is 9.59 Å². The normalized spacial score (nSPS) is 22.5. The Bertz CT molecular complexity index is 528. The highest BCUT2D eigenvalue weighted by atomic mass is 16.2. The van der Waals surface area contributed by atoms with Crippen LogP contribution in [0.2, 0.25) is 0 Å². The average molecular weight is 395 g/mol. The van der Waals surface area contributed by atoms with E-state index in [0.717, 1.165) is 52.0 Å². The van der Waals surface area contributed by atoms with Gasteiger partial charge in [-0.1, -0.05) is 20.8 Å². The van der Waals surface area contributed by atoms with E-state index in [1.165, 1.54) is 0 Å². The van der Waals surface area contributed by atoms with Crippen LogP contribution in [0, 0.1) is 17.3 Å². The second-order valence-corrected chi connectivity index (χ2v) is 11.0. The van der Waals surface area contributed by atoms with Crippen LogP contribution < -0.4 is 10.6 Å². The highest BCUT2D eigenvalue weighted by molar-refractivity contribution is 5.79. The monoisotopic (exact) mass is 394 g/mol. The maximum Gasteiger partial charge on any atom is 0.233 e. The molecule has 2 aliphatic heterocycles. The highest BCUT2D eigenvalue weighted by Crippen LogP contribution is 2.26. The van der Waals surface area contributed by atoms with Gasteiger partial charge >= 0.3 is 0 Å². The van der Waals surface area contributed by atoms with Crippen LogP contribution >= 0.6 is 0 Å². The summed E-state index contributed by atoms with van der Waals surface area (Å²) in [5, 5.41) is 6.22. The summed E-state index contributed by atoms with van der Waals surface area (Å²) in [7, 11) is 0. The fourth-order valence-electron chi connectivity index (χ4n) is 4.13. The van der Waals surface area contributed by atoms with Gasteiger partial charge in [0.2, 0.25) is 11.8 Å². The fourth-order valence-corrected chi connectivity index (χ4v) is 4.13. The zero-order chi connectivity index (χ0) is 20.9. The quantitative estimate of drug-likeness (QED) is 0.724. The maximum atomic E-state index is 12.9. The van der Waals surface area contributed by atoms with Gasteiger partial charge in [0, 0.05) is 37.6 Å². The molecule has 0 radical (unpaired) electrons. The maximum absolute atomic E-state index is 12.9. The van der Waals surface area contributed by atoms with E-state index in [-0.39, 0.29) is 17.4 Å². The second kappa shape index (κ2) is 9.57. The number of hydrogen-bond donors (Lipinski definition) is 2. The smallest absolute Gasteiger partial charge is 0.233 e. The molecule has 1 unspecified atom stereocenters. The molecule has 162 valence electrons. The second-order valence-electron chi connectivity index (χ2n) is 11.0. The largest absolute Gasteiger partial charge is 0.355 e. The molecule has 0 bridgehead atoms. The van der Waals surface area contributed by atoms with Gasteiger partial charge in [0.05, 0.1) is 6.54 Å². The van der Waals surface area contributed by atoms with Crippen molar-refractivity contribution in [3.63, 3.8) is 0 Å². The molecule has 0 aromatic heterocycles. The van der Waals surface area contributed by atoms with E-state index in [4.69, 9.17) is 0 Å². The standard InChI is InChI=1S/C22H42N4O2/c1-21(2,3)16-25-10-8-18(9-11-25)20(28)26-12-7-17(15-26)13-23-19(27)14-24-22(4,5)6/h17-18,24H,7-16H2,1-6H3,(H,23,27). The first kappa shape index (κ1) is 23.1. The first-order valence-electron chi connectivity index (χ1n) is 11.0. The molecule has 2 saturated heterocycles. The van der Waals surface area contributed by atoms with E-state index >= 15 is 0 Å². The van der Waals surface area contributed by atoms with Gasteiger partial charge in [-0.2, -0.15) is 0 Å². The number of likely N-dealkylation sites (tertiary alicyclic amines) is 2. The SMILES string of the molecule is CC(C)(C)CN1CCC(C(=O)N2CCC(CNC(=O)CNC(C)(C)C)C2)CC1. The Labute approximate surface area is 171 Å². The summed E-state index contributed by atoms with van der Waals surface area (Å²) in [6, 6.07) is 0. The van der Waals surface area contributed by atoms with E-state index in [1.807, 2.05) is 25.7 Å². The Hall–Kier alpha value is -1.14. The van der Waals surface area contributed by atoms with Crippen molar-refractivity contribution < 1.29 is 9.59 Å². The number of amides is 2. The summed E-state index contributed by atoms with van der Waals surface area (Å²) in [5.41, 5.74) is 0.252. The Morgan fingerprint density at radius 2 is 1.61 bits per heavy atom. The molecule has 6 nitrogen and oxygen atoms in total. The topological polar surface area (TPSA) is 64.7 Å². The zero-order valence-corrected chi connectivity index (χ0v) is 18.9. The molecule has 1 atom stereocenters. The van der Waals surface area contributed by atoms with Crippen LogP contribution in [0.1, 0.15) is 60.8 Å². The van der Waals surface area contributed by atoms with Crippen molar-refractivity contribution in [3.05, 3.63) is 0 Å². The predicted molar refractivity (Wildman–Crippen MR) is 114 cm³/mol. The van der Waals surface area contributed by atoms with Crippen LogP contribution in [0.15, 0.2) is 0 Å². The predicted octanol–water partition coefficient (Wildman–Crippen LogP) is 2.10. The molecular weight excluding hydrogens is 352 g/mol. The Balaban J connectivity index is 1.68. The summed E-state index contributed by atoms with van der Waals surface area (Å²) in [4.78, 5) is 29.4. The molecule has 2 amide bonds. The molecule has 6 heteroatoms. The molecule has 2 heterocycles. The minimum atomic E-state index is -0.0592. The summed E-state index contributed by atoms with van der Waals surface area (Å²) in [5.74, 6) is 0.925. The van der Waals surface area contributed by atoms with Crippen molar-refractivity contribution in [1.82, 2.24) is 20.4 Å². The molecule has 0 aromatic rings. The lowest BCUT2D eigenvalue weighted by molar-refractivity contribution is -0.136. The molecule has 0 saturated carbocycles. The van der Waals surface area contributed by atoms with Gasteiger partial charge in [-0.15, -0.1) is 0 Å². The van der Waals surface area contributed by atoms with Crippen molar-refractivity contribution in [1.29, 1.82) is 0 Å². The molecule has 28 heavy (non-hydrogen) atoms. The van der Waals surface area contributed by atoms with Crippen LogP contribution in [-0.2, 0) is 9.59 Å². The van der Waals surface area contributed by atoms with E-state index in [1.54, 1.807) is 0 Å². The van der Waals surface area contributed by atoms with Gasteiger partial charge in [-0.3, -0.25) is 9.59 Å². The van der Waals surface area contributed by atoms with Crippen molar-refractivity contribution >= 4 is 11.8 Å². The fraction of sp³-hybridized carbons (Fsp3) is 0.909. The molecule has 0 spiro atoms. The molecule has 2 fully saturated rings. The Kier molecular flexibility index (Phi) is 7.91. The Morgan fingerprint density at radius 3 is 2.18 bits per heavy atom. The van der Waals surface area contributed by atoms with Crippen molar-refractivity contribution in [2.45, 2.75) is 66.3 Å². The summed E-state index contributed by atoms with van der Waals surface area (Å²) >= 11 is 0. The van der Waals surface area contributed by atoms with Crippen molar-refractivity contribution in [3.8, 4) is 0 Å². The minimum absolute atomic E-state index is 0.0333.